The molecule has 1 aromatic carbocycles. The molecule has 0 amide bonds. The Labute approximate surface area is 114 Å². The van der Waals surface area contributed by atoms with Crippen molar-refractivity contribution in [2.45, 2.75) is 10.4 Å². The van der Waals surface area contributed by atoms with E-state index in [2.05, 4.69) is 26.0 Å². The zero-order valence-electron chi connectivity index (χ0n) is 8.96. The van der Waals surface area contributed by atoms with Crippen LogP contribution in [0.5, 0.6) is 0 Å². The average molecular weight is 356 g/mol. The molecule has 0 N–H and O–H groups in total. The molecule has 2 rings (SSSR count). The lowest BCUT2D eigenvalue weighted by Crippen LogP contribution is -2.23. The van der Waals surface area contributed by atoms with E-state index in [0.717, 1.165) is 12.1 Å². The van der Waals surface area contributed by atoms with Crippen molar-refractivity contribution in [2.24, 2.45) is 0 Å². The van der Waals surface area contributed by atoms with Gasteiger partial charge in [0, 0.05) is 0 Å². The van der Waals surface area contributed by atoms with Crippen LogP contribution in [0.1, 0.15) is 0 Å². The Morgan fingerprint density at radius 1 is 1.16 bits per heavy atom. The quantitative estimate of drug-likeness (QED) is 0.829. The van der Waals surface area contributed by atoms with E-state index in [1.807, 2.05) is 0 Å². The van der Waals surface area contributed by atoms with Crippen LogP contribution < -0.4 is 0 Å². The largest absolute Gasteiger partial charge is 0.501 e. The number of hydrogen-bond acceptors (Lipinski definition) is 4. The molecular formula is C9H5BrF3N3O2S. The summed E-state index contributed by atoms with van der Waals surface area (Å²) in [4.78, 5) is 2.96. The number of hydrogen-bond donors (Lipinski definition) is 0. The first-order valence-electron chi connectivity index (χ1n) is 4.71. The lowest BCUT2D eigenvalue weighted by atomic mass is 10.3. The summed E-state index contributed by atoms with van der Waals surface area (Å²) in [6, 6.07) is 4.15. The first-order valence-corrected chi connectivity index (χ1v) is 6.98. The summed E-state index contributed by atoms with van der Waals surface area (Å²) in [5.74, 6) is 0. The standard InChI is InChI=1S/C9H5BrF3N3O2S/c10-8-14-5-16(15-8)6-1-3-7(4-2-6)19(17,18)9(11,12)13/h1-5H. The van der Waals surface area contributed by atoms with Gasteiger partial charge in [0.05, 0.1) is 10.6 Å². The number of benzene rings is 1. The van der Waals surface area contributed by atoms with E-state index in [1.165, 1.54) is 23.1 Å². The molecule has 0 unspecified atom stereocenters. The highest BCUT2D eigenvalue weighted by Gasteiger charge is 2.46. The van der Waals surface area contributed by atoms with Crippen LogP contribution in [-0.2, 0) is 9.84 Å². The zero-order chi connectivity index (χ0) is 14.3. The second kappa shape index (κ2) is 4.60. The summed E-state index contributed by atoms with van der Waals surface area (Å²) < 4.78 is 60.8. The molecule has 0 saturated carbocycles. The first kappa shape index (κ1) is 14.0. The van der Waals surface area contributed by atoms with Gasteiger partial charge in [-0.2, -0.15) is 13.2 Å². The number of sulfone groups is 1. The number of aromatic nitrogens is 3. The van der Waals surface area contributed by atoms with E-state index < -0.39 is 20.2 Å². The SMILES string of the molecule is O=S(=O)(c1ccc(-n2cnc(Br)n2)cc1)C(F)(F)F. The number of alkyl halides is 3. The Bertz CT molecular complexity index is 694. The van der Waals surface area contributed by atoms with Crippen LogP contribution in [0.25, 0.3) is 5.69 Å². The van der Waals surface area contributed by atoms with Crippen molar-refractivity contribution in [2.75, 3.05) is 0 Å². The van der Waals surface area contributed by atoms with Gasteiger partial charge in [-0.3, -0.25) is 0 Å². The topological polar surface area (TPSA) is 64.8 Å². The van der Waals surface area contributed by atoms with Gasteiger partial charge in [-0.05, 0) is 40.2 Å². The van der Waals surface area contributed by atoms with Crippen LogP contribution in [0.3, 0.4) is 0 Å². The molecule has 0 atom stereocenters. The lowest BCUT2D eigenvalue weighted by molar-refractivity contribution is -0.0436. The summed E-state index contributed by atoms with van der Waals surface area (Å²) in [5, 5.41) is 3.87. The third kappa shape index (κ3) is 2.63. The molecule has 2 aromatic rings. The van der Waals surface area contributed by atoms with Crippen LogP contribution in [0, 0.1) is 0 Å². The Hall–Kier alpha value is -1.42. The number of rotatable bonds is 2. The van der Waals surface area contributed by atoms with E-state index in [0.29, 0.717) is 10.4 Å². The monoisotopic (exact) mass is 355 g/mol. The molecule has 1 aromatic heterocycles. The maximum atomic E-state index is 12.3. The van der Waals surface area contributed by atoms with E-state index in [1.54, 1.807) is 0 Å². The van der Waals surface area contributed by atoms with Crippen molar-refractivity contribution in [1.82, 2.24) is 14.8 Å². The van der Waals surface area contributed by atoms with E-state index >= 15 is 0 Å². The highest BCUT2D eigenvalue weighted by atomic mass is 79.9. The molecule has 0 aliphatic carbocycles. The Kier molecular flexibility index (Phi) is 3.39. The van der Waals surface area contributed by atoms with E-state index in [9.17, 15) is 21.6 Å². The molecule has 0 radical (unpaired) electrons. The third-order valence-corrected chi connectivity index (χ3v) is 4.05. The van der Waals surface area contributed by atoms with Crippen molar-refractivity contribution >= 4 is 25.8 Å². The van der Waals surface area contributed by atoms with Crippen molar-refractivity contribution in [3.8, 4) is 5.69 Å². The summed E-state index contributed by atoms with van der Waals surface area (Å²) in [7, 11) is -5.32. The Balaban J connectivity index is 2.40. The minimum atomic E-state index is -5.32. The van der Waals surface area contributed by atoms with Crippen LogP contribution in [0.2, 0.25) is 0 Å². The fraction of sp³-hybridized carbons (Fsp3) is 0.111. The smallest absolute Gasteiger partial charge is 0.220 e. The Morgan fingerprint density at radius 3 is 2.16 bits per heavy atom. The van der Waals surface area contributed by atoms with Gasteiger partial charge in [0.1, 0.15) is 6.33 Å². The van der Waals surface area contributed by atoms with Gasteiger partial charge in [-0.25, -0.2) is 18.1 Å². The maximum absolute atomic E-state index is 12.3. The molecule has 0 fully saturated rings. The molecule has 19 heavy (non-hydrogen) atoms. The summed E-state index contributed by atoms with van der Waals surface area (Å²) in [6.07, 6.45) is 1.33. The molecule has 102 valence electrons. The summed E-state index contributed by atoms with van der Waals surface area (Å²) in [5.41, 5.74) is -4.93. The average Bonchev–Trinajstić information content (AvgIpc) is 2.74. The fourth-order valence-corrected chi connectivity index (χ4v) is 2.30. The summed E-state index contributed by atoms with van der Waals surface area (Å²) in [6.45, 7) is 0. The second-order valence-electron chi connectivity index (χ2n) is 3.40. The molecule has 0 bridgehead atoms. The molecule has 0 spiro atoms. The van der Waals surface area contributed by atoms with Gasteiger partial charge >= 0.3 is 5.51 Å². The molecule has 0 saturated heterocycles. The predicted molar refractivity (Wildman–Crippen MR) is 62.3 cm³/mol. The van der Waals surface area contributed by atoms with Crippen molar-refractivity contribution < 1.29 is 21.6 Å². The van der Waals surface area contributed by atoms with Crippen molar-refractivity contribution in [3.05, 3.63) is 35.3 Å². The molecule has 0 aliphatic rings. The Morgan fingerprint density at radius 2 is 1.74 bits per heavy atom. The molecule has 1 heterocycles. The zero-order valence-corrected chi connectivity index (χ0v) is 11.4. The predicted octanol–water partition coefficient (Wildman–Crippen LogP) is 2.32. The minimum absolute atomic E-state index is 0.305. The van der Waals surface area contributed by atoms with Crippen LogP contribution >= 0.6 is 15.9 Å². The van der Waals surface area contributed by atoms with Gasteiger partial charge in [0.2, 0.25) is 4.73 Å². The lowest BCUT2D eigenvalue weighted by Gasteiger charge is -2.08. The summed E-state index contributed by atoms with van der Waals surface area (Å²) >= 11 is 3.01. The molecular weight excluding hydrogens is 351 g/mol. The second-order valence-corrected chi connectivity index (χ2v) is 6.05. The highest BCUT2D eigenvalue weighted by molar-refractivity contribution is 9.10. The normalized spacial score (nSPS) is 12.6. The van der Waals surface area contributed by atoms with Crippen LogP contribution in [0.15, 0.2) is 40.2 Å². The van der Waals surface area contributed by atoms with Gasteiger partial charge in [0.25, 0.3) is 9.84 Å². The van der Waals surface area contributed by atoms with Crippen molar-refractivity contribution in [3.63, 3.8) is 0 Å². The van der Waals surface area contributed by atoms with E-state index in [-0.39, 0.29) is 0 Å². The van der Waals surface area contributed by atoms with Gasteiger partial charge < -0.3 is 0 Å². The first-order chi connectivity index (χ1) is 8.72. The third-order valence-electron chi connectivity index (χ3n) is 2.18. The fourth-order valence-electron chi connectivity index (χ4n) is 1.28. The van der Waals surface area contributed by atoms with Crippen LogP contribution in [-0.4, -0.2) is 28.7 Å². The van der Waals surface area contributed by atoms with E-state index in [4.69, 9.17) is 0 Å². The van der Waals surface area contributed by atoms with Gasteiger partial charge in [-0.15, -0.1) is 5.10 Å². The minimum Gasteiger partial charge on any atom is -0.220 e. The molecule has 0 aliphatic heterocycles. The van der Waals surface area contributed by atoms with Gasteiger partial charge in [0.15, 0.2) is 0 Å². The molecule has 10 heteroatoms. The van der Waals surface area contributed by atoms with Gasteiger partial charge in [-0.1, -0.05) is 0 Å². The highest BCUT2D eigenvalue weighted by Crippen LogP contribution is 2.30. The number of nitrogens with zero attached hydrogens (tertiary/aromatic N) is 3. The van der Waals surface area contributed by atoms with Crippen LogP contribution in [0.4, 0.5) is 13.2 Å². The molecule has 5 nitrogen and oxygen atoms in total. The maximum Gasteiger partial charge on any atom is 0.501 e. The number of halogens is 4. The van der Waals surface area contributed by atoms with Crippen molar-refractivity contribution in [1.29, 1.82) is 0 Å².